The molecule has 0 saturated carbocycles. The lowest BCUT2D eigenvalue weighted by Gasteiger charge is -2.32. The number of rotatable bonds is 5. The highest BCUT2D eigenvalue weighted by Gasteiger charge is 2.22. The van der Waals surface area contributed by atoms with Crippen LogP contribution in [0.1, 0.15) is 33.1 Å². The molecule has 0 radical (unpaired) electrons. The topological polar surface area (TPSA) is 73.3 Å². The summed E-state index contributed by atoms with van der Waals surface area (Å²) in [6.07, 6.45) is 3.39. The highest BCUT2D eigenvalue weighted by Crippen LogP contribution is 2.37. The average molecular weight is 670 g/mol. The molecule has 228 valence electrons. The lowest BCUT2D eigenvalue weighted by atomic mass is 10.0. The normalized spacial score (nSPS) is 13.1. The number of pyridine rings is 2. The SMILES string of the molecule is CCn1c(-c2ccc(F)cc2Cl)c(N)cc(Cl)c1=O.CCn1c(-c2ccc(F)cc2Cl)c(N2CCCCC2)cc(Cl)c1=O. The summed E-state index contributed by atoms with van der Waals surface area (Å²) in [5.74, 6) is -0.852. The van der Waals surface area contributed by atoms with Gasteiger partial charge in [-0.25, -0.2) is 8.78 Å². The molecule has 2 N–H and O–H groups in total. The molecular formula is C31H30Cl4F2N4O2. The molecule has 0 spiro atoms. The molecule has 1 fully saturated rings. The molecule has 0 amide bonds. The third kappa shape index (κ3) is 7.04. The van der Waals surface area contributed by atoms with Crippen LogP contribution >= 0.6 is 46.4 Å². The fraction of sp³-hybridized carbons (Fsp3) is 0.290. The molecular weight excluding hydrogens is 640 g/mol. The predicted molar refractivity (Wildman–Crippen MR) is 174 cm³/mol. The molecule has 6 nitrogen and oxygen atoms in total. The Labute approximate surface area is 268 Å². The van der Waals surface area contributed by atoms with E-state index in [2.05, 4.69) is 4.90 Å². The highest BCUT2D eigenvalue weighted by molar-refractivity contribution is 6.34. The number of piperidine rings is 1. The lowest BCUT2D eigenvalue weighted by Crippen LogP contribution is -2.32. The number of nitrogens with zero attached hydrogens (tertiary/aromatic N) is 3. The molecule has 5 rings (SSSR count). The third-order valence-electron chi connectivity index (χ3n) is 7.20. The van der Waals surface area contributed by atoms with Gasteiger partial charge in [-0.15, -0.1) is 0 Å². The molecule has 0 atom stereocenters. The van der Waals surface area contributed by atoms with Gasteiger partial charge in [0, 0.05) is 37.3 Å². The van der Waals surface area contributed by atoms with Crippen LogP contribution in [0.4, 0.5) is 20.2 Å². The number of hydrogen-bond acceptors (Lipinski definition) is 4. The van der Waals surface area contributed by atoms with Crippen molar-refractivity contribution in [1.29, 1.82) is 0 Å². The van der Waals surface area contributed by atoms with Gasteiger partial charge in [-0.05, 0) is 81.6 Å². The van der Waals surface area contributed by atoms with Crippen molar-refractivity contribution in [2.24, 2.45) is 0 Å². The minimum Gasteiger partial charge on any atom is -0.397 e. The van der Waals surface area contributed by atoms with Gasteiger partial charge < -0.3 is 19.8 Å². The minimum atomic E-state index is -0.452. The van der Waals surface area contributed by atoms with Crippen molar-refractivity contribution in [1.82, 2.24) is 9.13 Å². The number of nitrogens with two attached hydrogens (primary N) is 1. The van der Waals surface area contributed by atoms with E-state index in [1.54, 1.807) is 23.6 Å². The molecule has 3 heterocycles. The van der Waals surface area contributed by atoms with Crippen molar-refractivity contribution in [3.8, 4) is 22.5 Å². The zero-order valence-electron chi connectivity index (χ0n) is 23.6. The van der Waals surface area contributed by atoms with Gasteiger partial charge in [0.05, 0.1) is 32.8 Å². The van der Waals surface area contributed by atoms with Crippen molar-refractivity contribution in [2.45, 2.75) is 46.2 Å². The number of anilines is 2. The summed E-state index contributed by atoms with van der Waals surface area (Å²) in [4.78, 5) is 26.7. The van der Waals surface area contributed by atoms with E-state index in [0.29, 0.717) is 41.3 Å². The van der Waals surface area contributed by atoms with Crippen molar-refractivity contribution in [2.75, 3.05) is 23.7 Å². The van der Waals surface area contributed by atoms with Crippen LogP contribution in [-0.4, -0.2) is 22.2 Å². The van der Waals surface area contributed by atoms with E-state index >= 15 is 0 Å². The molecule has 12 heteroatoms. The summed E-state index contributed by atoms with van der Waals surface area (Å²) < 4.78 is 29.6. The molecule has 0 aliphatic carbocycles. The standard InChI is InChI=1S/C18H19Cl2FN2O.C13H11Cl2FN2O/c1-2-23-17(13-7-6-12(21)10-14(13)19)16(11-15(20)18(23)24)22-8-4-3-5-9-22;1-2-18-12(11(17)6-10(15)13(18)19)8-4-3-7(16)5-9(8)14/h6-7,10-11H,2-5,8-9H2,1H3;3-6H,2,17H2,1H3. The van der Waals surface area contributed by atoms with Gasteiger partial charge in [0.15, 0.2) is 0 Å². The Morgan fingerprint density at radius 1 is 0.674 bits per heavy atom. The first kappa shape index (κ1) is 32.9. The van der Waals surface area contributed by atoms with Crippen LogP contribution in [0.3, 0.4) is 0 Å². The number of hydrogen-bond donors (Lipinski definition) is 1. The second kappa shape index (κ2) is 14.2. The Balaban J connectivity index is 0.000000203. The summed E-state index contributed by atoms with van der Waals surface area (Å²) in [5.41, 5.74) is 8.80. The van der Waals surface area contributed by atoms with Crippen LogP contribution in [-0.2, 0) is 13.1 Å². The summed E-state index contributed by atoms with van der Waals surface area (Å²) in [5, 5.41) is 0.716. The van der Waals surface area contributed by atoms with Gasteiger partial charge in [0.25, 0.3) is 11.1 Å². The fourth-order valence-electron chi connectivity index (χ4n) is 5.20. The second-order valence-electron chi connectivity index (χ2n) is 9.92. The lowest BCUT2D eigenvalue weighted by molar-refractivity contribution is 0.575. The predicted octanol–water partition coefficient (Wildman–Crippen LogP) is 8.53. The first-order valence-electron chi connectivity index (χ1n) is 13.8. The number of halogens is 6. The summed E-state index contributed by atoms with van der Waals surface area (Å²) in [6, 6.07) is 11.3. The van der Waals surface area contributed by atoms with Crippen LogP contribution in [0.5, 0.6) is 0 Å². The first-order valence-corrected chi connectivity index (χ1v) is 15.3. The fourth-order valence-corrected chi connectivity index (χ4v) is 6.14. The molecule has 2 aromatic heterocycles. The molecule has 1 aliphatic rings. The highest BCUT2D eigenvalue weighted by atomic mass is 35.5. The van der Waals surface area contributed by atoms with Gasteiger partial charge in [-0.3, -0.25) is 9.59 Å². The molecule has 0 bridgehead atoms. The van der Waals surface area contributed by atoms with Crippen molar-refractivity contribution in [3.05, 3.63) is 101 Å². The van der Waals surface area contributed by atoms with Gasteiger partial charge in [0.2, 0.25) is 0 Å². The van der Waals surface area contributed by atoms with Gasteiger partial charge in [-0.1, -0.05) is 46.4 Å². The maximum atomic E-state index is 13.5. The Hall–Kier alpha value is -3.04. The van der Waals surface area contributed by atoms with E-state index in [9.17, 15) is 18.4 Å². The summed E-state index contributed by atoms with van der Waals surface area (Å²) in [6.45, 7) is 6.33. The Morgan fingerprint density at radius 3 is 1.63 bits per heavy atom. The molecule has 1 aliphatic heterocycles. The van der Waals surface area contributed by atoms with Gasteiger partial charge >= 0.3 is 0 Å². The van der Waals surface area contributed by atoms with E-state index in [1.807, 2.05) is 6.92 Å². The van der Waals surface area contributed by atoms with Crippen LogP contribution in [0.25, 0.3) is 22.5 Å². The third-order valence-corrected chi connectivity index (χ3v) is 8.37. The quantitative estimate of drug-likeness (QED) is 0.231. The molecule has 4 aromatic rings. The van der Waals surface area contributed by atoms with Gasteiger partial charge in [-0.2, -0.15) is 0 Å². The monoisotopic (exact) mass is 668 g/mol. The van der Waals surface area contributed by atoms with E-state index in [0.717, 1.165) is 31.6 Å². The number of nitrogen functional groups attached to an aromatic ring is 1. The molecule has 43 heavy (non-hydrogen) atoms. The second-order valence-corrected chi connectivity index (χ2v) is 11.5. The van der Waals surface area contributed by atoms with E-state index in [-0.39, 0.29) is 31.2 Å². The Bertz CT molecular complexity index is 1770. The molecule has 1 saturated heterocycles. The Kier molecular flexibility index (Phi) is 10.8. The van der Waals surface area contributed by atoms with Crippen molar-refractivity contribution < 1.29 is 8.78 Å². The van der Waals surface area contributed by atoms with Crippen molar-refractivity contribution >= 4 is 57.8 Å². The van der Waals surface area contributed by atoms with Crippen LogP contribution in [0, 0.1) is 11.6 Å². The maximum absolute atomic E-state index is 13.5. The average Bonchev–Trinajstić information content (AvgIpc) is 2.97. The van der Waals surface area contributed by atoms with Crippen LogP contribution in [0.2, 0.25) is 20.1 Å². The number of aromatic nitrogens is 2. The van der Waals surface area contributed by atoms with Gasteiger partial charge in [0.1, 0.15) is 21.7 Å². The summed E-state index contributed by atoms with van der Waals surface area (Å²) >= 11 is 24.3. The summed E-state index contributed by atoms with van der Waals surface area (Å²) in [7, 11) is 0. The van der Waals surface area contributed by atoms with Crippen LogP contribution in [0.15, 0.2) is 58.1 Å². The molecule has 0 unspecified atom stereocenters. The van der Waals surface area contributed by atoms with Crippen molar-refractivity contribution in [3.63, 3.8) is 0 Å². The van der Waals surface area contributed by atoms with Crippen LogP contribution < -0.4 is 21.8 Å². The maximum Gasteiger partial charge on any atom is 0.269 e. The zero-order valence-corrected chi connectivity index (χ0v) is 26.6. The number of benzene rings is 2. The largest absolute Gasteiger partial charge is 0.397 e. The first-order chi connectivity index (χ1) is 20.5. The van der Waals surface area contributed by atoms with E-state index in [1.165, 1.54) is 47.4 Å². The smallest absolute Gasteiger partial charge is 0.269 e. The zero-order chi connectivity index (χ0) is 31.4. The van der Waals surface area contributed by atoms with E-state index in [4.69, 9.17) is 52.1 Å². The minimum absolute atomic E-state index is 0.0429. The molecule has 2 aromatic carbocycles. The Morgan fingerprint density at radius 2 is 1.14 bits per heavy atom. The van der Waals surface area contributed by atoms with E-state index < -0.39 is 11.6 Å².